The summed E-state index contributed by atoms with van der Waals surface area (Å²) in [7, 11) is 0. The van der Waals surface area contributed by atoms with E-state index in [9.17, 15) is 14.9 Å². The van der Waals surface area contributed by atoms with Crippen molar-refractivity contribution >= 4 is 11.6 Å². The van der Waals surface area contributed by atoms with Crippen LogP contribution in [0.25, 0.3) is 0 Å². The second-order valence-corrected chi connectivity index (χ2v) is 6.89. The van der Waals surface area contributed by atoms with Crippen LogP contribution in [-0.4, -0.2) is 46.8 Å². The maximum Gasteiger partial charge on any atom is 0.269 e. The molecule has 2 fully saturated rings. The highest BCUT2D eigenvalue weighted by atomic mass is 16.6. The smallest absolute Gasteiger partial charge is 0.269 e. The Morgan fingerprint density at radius 3 is 2.35 bits per heavy atom. The highest BCUT2D eigenvalue weighted by Gasteiger charge is 2.40. The van der Waals surface area contributed by atoms with Crippen LogP contribution >= 0.6 is 0 Å². The van der Waals surface area contributed by atoms with E-state index in [0.717, 1.165) is 51.1 Å². The lowest BCUT2D eigenvalue weighted by atomic mass is 9.78. The molecule has 0 radical (unpaired) electrons. The maximum absolute atomic E-state index is 11.5. The molecule has 6 nitrogen and oxygen atoms in total. The molecule has 0 unspecified atom stereocenters. The summed E-state index contributed by atoms with van der Waals surface area (Å²) < 4.78 is 0. The van der Waals surface area contributed by atoms with Crippen molar-refractivity contribution in [2.75, 3.05) is 26.2 Å². The summed E-state index contributed by atoms with van der Waals surface area (Å²) in [5, 5.41) is 10.7. The van der Waals surface area contributed by atoms with Crippen LogP contribution in [-0.2, 0) is 11.3 Å². The SMILES string of the molecule is CC(=O)N1CCC2(CCN(Cc3ccc([N+](=O)[O-])cc3)C2)CC1. The third-order valence-electron chi connectivity index (χ3n) is 5.34. The highest BCUT2D eigenvalue weighted by Crippen LogP contribution is 2.40. The summed E-state index contributed by atoms with van der Waals surface area (Å²) in [5.74, 6) is 0.181. The lowest BCUT2D eigenvalue weighted by Crippen LogP contribution is -2.43. The fourth-order valence-corrected chi connectivity index (χ4v) is 3.85. The van der Waals surface area contributed by atoms with Crippen molar-refractivity contribution in [1.82, 2.24) is 9.80 Å². The normalized spacial score (nSPS) is 20.8. The topological polar surface area (TPSA) is 66.7 Å². The Morgan fingerprint density at radius 1 is 1.17 bits per heavy atom. The van der Waals surface area contributed by atoms with E-state index in [1.807, 2.05) is 17.0 Å². The minimum Gasteiger partial charge on any atom is -0.343 e. The van der Waals surface area contributed by atoms with E-state index in [2.05, 4.69) is 4.90 Å². The van der Waals surface area contributed by atoms with Crippen molar-refractivity contribution in [3.05, 3.63) is 39.9 Å². The number of carbonyl (C=O) groups excluding carboxylic acids is 1. The Bertz CT molecular complexity index is 592. The first-order valence-corrected chi connectivity index (χ1v) is 8.19. The van der Waals surface area contributed by atoms with E-state index < -0.39 is 0 Å². The molecule has 0 aliphatic carbocycles. The minimum atomic E-state index is -0.364. The van der Waals surface area contributed by atoms with Crippen molar-refractivity contribution in [1.29, 1.82) is 0 Å². The minimum absolute atomic E-state index is 0.142. The monoisotopic (exact) mass is 317 g/mol. The van der Waals surface area contributed by atoms with Crippen LogP contribution in [0.5, 0.6) is 0 Å². The first-order valence-electron chi connectivity index (χ1n) is 8.19. The van der Waals surface area contributed by atoms with Crippen molar-refractivity contribution < 1.29 is 9.72 Å². The predicted molar refractivity (Wildman–Crippen MR) is 86.9 cm³/mol. The molecular weight excluding hydrogens is 294 g/mol. The van der Waals surface area contributed by atoms with Crippen LogP contribution in [0, 0.1) is 15.5 Å². The van der Waals surface area contributed by atoms with Gasteiger partial charge in [0.15, 0.2) is 0 Å². The molecule has 2 saturated heterocycles. The van der Waals surface area contributed by atoms with Gasteiger partial charge in [-0.15, -0.1) is 0 Å². The molecule has 0 bridgehead atoms. The van der Waals surface area contributed by atoms with E-state index in [1.165, 1.54) is 6.42 Å². The van der Waals surface area contributed by atoms with Gasteiger partial charge in [-0.2, -0.15) is 0 Å². The number of nitrogens with zero attached hydrogens (tertiary/aromatic N) is 3. The van der Waals surface area contributed by atoms with Crippen LogP contribution < -0.4 is 0 Å². The van der Waals surface area contributed by atoms with E-state index in [-0.39, 0.29) is 16.5 Å². The molecule has 3 rings (SSSR count). The van der Waals surface area contributed by atoms with E-state index in [0.29, 0.717) is 5.41 Å². The average molecular weight is 317 g/mol. The molecule has 1 amide bonds. The van der Waals surface area contributed by atoms with E-state index in [4.69, 9.17) is 0 Å². The number of hydrogen-bond donors (Lipinski definition) is 0. The van der Waals surface area contributed by atoms with Gasteiger partial charge in [-0.05, 0) is 36.8 Å². The van der Waals surface area contributed by atoms with Crippen LogP contribution in [0.1, 0.15) is 31.7 Å². The number of rotatable bonds is 3. The summed E-state index contributed by atoms with van der Waals surface area (Å²) in [6.07, 6.45) is 3.36. The quantitative estimate of drug-likeness (QED) is 0.634. The van der Waals surface area contributed by atoms with Crippen molar-refractivity contribution in [3.8, 4) is 0 Å². The Kier molecular flexibility index (Phi) is 4.35. The Morgan fingerprint density at radius 2 is 1.78 bits per heavy atom. The molecule has 2 aliphatic rings. The summed E-state index contributed by atoms with van der Waals surface area (Å²) in [6, 6.07) is 6.85. The number of piperidine rings is 1. The zero-order valence-corrected chi connectivity index (χ0v) is 13.5. The van der Waals surface area contributed by atoms with Gasteiger partial charge in [0.05, 0.1) is 4.92 Å². The summed E-state index contributed by atoms with van der Waals surface area (Å²) in [6.45, 7) is 6.37. The molecule has 1 aromatic carbocycles. The third kappa shape index (κ3) is 3.52. The molecule has 0 aromatic heterocycles. The van der Waals surface area contributed by atoms with E-state index in [1.54, 1.807) is 19.1 Å². The van der Waals surface area contributed by atoms with Crippen LogP contribution in [0.4, 0.5) is 5.69 Å². The van der Waals surface area contributed by atoms with Crippen molar-refractivity contribution in [2.24, 2.45) is 5.41 Å². The standard InChI is InChI=1S/C17H23N3O3/c1-14(21)19-10-7-17(8-11-19)6-9-18(13-17)12-15-2-4-16(5-3-15)20(22)23/h2-5H,6-13H2,1H3. The number of benzene rings is 1. The Labute approximate surface area is 136 Å². The Hall–Kier alpha value is -1.95. The number of carbonyl (C=O) groups is 1. The van der Waals surface area contributed by atoms with Crippen LogP contribution in [0.3, 0.4) is 0 Å². The van der Waals surface area contributed by atoms with Gasteiger partial charge in [0.2, 0.25) is 5.91 Å². The zero-order chi connectivity index (χ0) is 16.4. The van der Waals surface area contributed by atoms with Crippen LogP contribution in [0.15, 0.2) is 24.3 Å². The highest BCUT2D eigenvalue weighted by molar-refractivity contribution is 5.73. The summed E-state index contributed by atoms with van der Waals surface area (Å²) in [4.78, 5) is 26.2. The lowest BCUT2D eigenvalue weighted by Gasteiger charge is -2.39. The van der Waals surface area contributed by atoms with Crippen molar-refractivity contribution in [3.63, 3.8) is 0 Å². The van der Waals surface area contributed by atoms with Gasteiger partial charge in [0.25, 0.3) is 5.69 Å². The second kappa shape index (κ2) is 6.28. The van der Waals surface area contributed by atoms with Gasteiger partial charge in [-0.3, -0.25) is 19.8 Å². The van der Waals surface area contributed by atoms with E-state index >= 15 is 0 Å². The molecule has 23 heavy (non-hydrogen) atoms. The van der Waals surface area contributed by atoms with Crippen LogP contribution in [0.2, 0.25) is 0 Å². The third-order valence-corrected chi connectivity index (χ3v) is 5.34. The summed E-state index contributed by atoms with van der Waals surface area (Å²) >= 11 is 0. The second-order valence-electron chi connectivity index (χ2n) is 6.89. The number of likely N-dealkylation sites (tertiary alicyclic amines) is 2. The molecule has 0 saturated carbocycles. The summed E-state index contributed by atoms with van der Waals surface area (Å²) in [5.41, 5.74) is 1.62. The lowest BCUT2D eigenvalue weighted by molar-refractivity contribution is -0.384. The number of amides is 1. The van der Waals surface area contributed by atoms with Gasteiger partial charge >= 0.3 is 0 Å². The van der Waals surface area contributed by atoms with Crippen molar-refractivity contribution in [2.45, 2.75) is 32.7 Å². The molecule has 124 valence electrons. The number of nitro groups is 1. The Balaban J connectivity index is 1.56. The first-order chi connectivity index (χ1) is 11.0. The maximum atomic E-state index is 11.5. The molecule has 1 spiro atoms. The fraction of sp³-hybridized carbons (Fsp3) is 0.588. The van der Waals surface area contributed by atoms with Gasteiger partial charge in [-0.1, -0.05) is 12.1 Å². The van der Waals surface area contributed by atoms with Gasteiger partial charge in [0.1, 0.15) is 0 Å². The van der Waals surface area contributed by atoms with Gasteiger partial charge < -0.3 is 4.90 Å². The van der Waals surface area contributed by atoms with Gasteiger partial charge in [-0.25, -0.2) is 0 Å². The molecule has 0 atom stereocenters. The van der Waals surface area contributed by atoms with Gasteiger partial charge in [0, 0.05) is 45.2 Å². The largest absolute Gasteiger partial charge is 0.343 e. The number of nitro benzene ring substituents is 1. The molecule has 1 aromatic rings. The zero-order valence-electron chi connectivity index (χ0n) is 13.5. The number of non-ortho nitro benzene ring substituents is 1. The average Bonchev–Trinajstić information content (AvgIpc) is 2.90. The molecular formula is C17H23N3O3. The number of hydrogen-bond acceptors (Lipinski definition) is 4. The first kappa shape index (κ1) is 15.9. The predicted octanol–water partition coefficient (Wildman–Crippen LogP) is 2.43. The molecule has 2 aliphatic heterocycles. The molecule has 0 N–H and O–H groups in total. The molecule has 2 heterocycles. The molecule has 6 heteroatoms. The fourth-order valence-electron chi connectivity index (χ4n) is 3.85.